The van der Waals surface area contributed by atoms with Crippen LogP contribution in [0.1, 0.15) is 18.1 Å². The lowest BCUT2D eigenvalue weighted by atomic mass is 10.1. The van der Waals surface area contributed by atoms with Gasteiger partial charge >= 0.3 is 0 Å². The molecule has 0 bridgehead atoms. The van der Waals surface area contributed by atoms with E-state index in [1.807, 2.05) is 43.3 Å². The Balaban J connectivity index is 1.96. The fourth-order valence-corrected chi connectivity index (χ4v) is 2.98. The predicted molar refractivity (Wildman–Crippen MR) is 114 cm³/mol. The Hall–Kier alpha value is -2.60. The van der Waals surface area contributed by atoms with Gasteiger partial charge in [0.05, 0.1) is 20.8 Å². The van der Waals surface area contributed by atoms with E-state index in [1.54, 1.807) is 21.3 Å². The van der Waals surface area contributed by atoms with Gasteiger partial charge in [-0.1, -0.05) is 29.8 Å². The van der Waals surface area contributed by atoms with Crippen molar-refractivity contribution in [3.05, 3.63) is 52.5 Å². The number of hydrogen-bond donors (Lipinski definition) is 2. The van der Waals surface area contributed by atoms with Crippen LogP contribution in [-0.4, -0.2) is 40.4 Å². The molecule has 0 fully saturated rings. The highest BCUT2D eigenvalue weighted by atomic mass is 35.5. The predicted octanol–water partition coefficient (Wildman–Crippen LogP) is 3.66. The van der Waals surface area contributed by atoms with E-state index in [0.717, 1.165) is 29.1 Å². The van der Waals surface area contributed by atoms with Gasteiger partial charge < -0.3 is 24.8 Å². The van der Waals surface area contributed by atoms with Gasteiger partial charge in [0.1, 0.15) is 0 Å². The van der Waals surface area contributed by atoms with Crippen molar-refractivity contribution < 1.29 is 14.2 Å². The van der Waals surface area contributed by atoms with Gasteiger partial charge in [0.15, 0.2) is 17.5 Å². The van der Waals surface area contributed by atoms with Crippen molar-refractivity contribution >= 4 is 17.6 Å². The Morgan fingerprint density at radius 1 is 1.07 bits per heavy atom. The standard InChI is InChI=1S/C21H28ClN3O3/c1-5-28-20-18(26-3)12-15(13-19(20)27-4)14-25-21(23-2)24-11-10-16-8-6-7-9-17(16)22/h6-9,12-13H,5,10-11,14H2,1-4H3,(H2,23,24,25). The van der Waals surface area contributed by atoms with Crippen LogP contribution in [0.3, 0.4) is 0 Å². The van der Waals surface area contributed by atoms with Crippen LogP contribution in [0.15, 0.2) is 41.4 Å². The number of benzene rings is 2. The number of halogens is 1. The van der Waals surface area contributed by atoms with E-state index in [2.05, 4.69) is 15.6 Å². The average Bonchev–Trinajstić information content (AvgIpc) is 2.72. The summed E-state index contributed by atoms with van der Waals surface area (Å²) in [6.07, 6.45) is 0.811. The first-order valence-corrected chi connectivity index (χ1v) is 9.56. The molecular formula is C21H28ClN3O3. The van der Waals surface area contributed by atoms with Crippen molar-refractivity contribution in [2.24, 2.45) is 4.99 Å². The molecule has 2 rings (SSSR count). The topological polar surface area (TPSA) is 64.1 Å². The van der Waals surface area contributed by atoms with Gasteiger partial charge in [-0.05, 0) is 42.7 Å². The average molecular weight is 406 g/mol. The third-order valence-electron chi connectivity index (χ3n) is 4.14. The van der Waals surface area contributed by atoms with Crippen molar-refractivity contribution in [2.45, 2.75) is 19.9 Å². The summed E-state index contributed by atoms with van der Waals surface area (Å²) in [5, 5.41) is 7.37. The summed E-state index contributed by atoms with van der Waals surface area (Å²) >= 11 is 6.20. The van der Waals surface area contributed by atoms with Crippen molar-refractivity contribution in [1.29, 1.82) is 0 Å². The molecule has 0 saturated carbocycles. The number of rotatable bonds is 9. The fraction of sp³-hybridized carbons (Fsp3) is 0.381. The van der Waals surface area contributed by atoms with Gasteiger partial charge in [-0.2, -0.15) is 0 Å². The molecule has 0 radical (unpaired) electrons. The van der Waals surface area contributed by atoms with Gasteiger partial charge in [0.2, 0.25) is 5.75 Å². The zero-order chi connectivity index (χ0) is 20.4. The second-order valence-electron chi connectivity index (χ2n) is 5.96. The highest BCUT2D eigenvalue weighted by Gasteiger charge is 2.14. The monoisotopic (exact) mass is 405 g/mol. The van der Waals surface area contributed by atoms with Crippen LogP contribution in [0.2, 0.25) is 5.02 Å². The minimum Gasteiger partial charge on any atom is -0.493 e. The summed E-state index contributed by atoms with van der Waals surface area (Å²) in [7, 11) is 4.97. The normalized spacial score (nSPS) is 11.1. The lowest BCUT2D eigenvalue weighted by molar-refractivity contribution is 0.288. The molecule has 0 amide bonds. The quantitative estimate of drug-likeness (QED) is 0.492. The summed E-state index contributed by atoms with van der Waals surface area (Å²) in [6, 6.07) is 11.7. The molecule has 2 aromatic rings. The SMILES string of the molecule is CCOc1c(OC)cc(CNC(=NC)NCCc2ccccc2Cl)cc1OC. The first-order valence-electron chi connectivity index (χ1n) is 9.18. The second kappa shape index (κ2) is 11.3. The number of ether oxygens (including phenoxy) is 3. The number of hydrogen-bond acceptors (Lipinski definition) is 4. The van der Waals surface area contributed by atoms with E-state index in [1.165, 1.54) is 0 Å². The summed E-state index contributed by atoms with van der Waals surface area (Å²) < 4.78 is 16.5. The molecule has 0 unspecified atom stereocenters. The Morgan fingerprint density at radius 2 is 1.75 bits per heavy atom. The number of nitrogens with zero attached hydrogens (tertiary/aromatic N) is 1. The molecule has 28 heavy (non-hydrogen) atoms. The fourth-order valence-electron chi connectivity index (χ4n) is 2.75. The van der Waals surface area contributed by atoms with E-state index in [4.69, 9.17) is 25.8 Å². The lowest BCUT2D eigenvalue weighted by Gasteiger charge is -2.16. The number of nitrogens with one attached hydrogen (secondary N) is 2. The molecule has 0 atom stereocenters. The summed E-state index contributed by atoms with van der Waals surface area (Å²) in [6.45, 7) is 3.74. The Bertz CT molecular complexity index is 771. The third-order valence-corrected chi connectivity index (χ3v) is 4.51. The minimum atomic E-state index is 0.534. The van der Waals surface area contributed by atoms with E-state index in [9.17, 15) is 0 Å². The van der Waals surface area contributed by atoms with Gasteiger partial charge in [-0.25, -0.2) is 0 Å². The first kappa shape index (κ1) is 21.7. The lowest BCUT2D eigenvalue weighted by Crippen LogP contribution is -2.37. The van der Waals surface area contributed by atoms with Crippen LogP contribution in [0.5, 0.6) is 17.2 Å². The molecule has 0 heterocycles. The molecule has 0 aliphatic heterocycles. The molecule has 0 saturated heterocycles. The smallest absolute Gasteiger partial charge is 0.203 e. The van der Waals surface area contributed by atoms with Crippen LogP contribution in [0.4, 0.5) is 0 Å². The maximum atomic E-state index is 6.20. The molecule has 0 aromatic heterocycles. The van der Waals surface area contributed by atoms with Crippen LogP contribution >= 0.6 is 11.6 Å². The summed E-state index contributed by atoms with van der Waals surface area (Å²) in [5.74, 6) is 2.59. The number of guanidine groups is 1. The van der Waals surface area contributed by atoms with E-state index in [0.29, 0.717) is 36.4 Å². The molecule has 2 aromatic carbocycles. The third kappa shape index (κ3) is 5.96. The zero-order valence-electron chi connectivity index (χ0n) is 16.8. The molecular weight excluding hydrogens is 378 g/mol. The first-order chi connectivity index (χ1) is 13.6. The van der Waals surface area contributed by atoms with E-state index >= 15 is 0 Å². The largest absolute Gasteiger partial charge is 0.493 e. The number of aliphatic imine (C=N–C) groups is 1. The van der Waals surface area contributed by atoms with Gasteiger partial charge in [0, 0.05) is 25.2 Å². The van der Waals surface area contributed by atoms with Crippen LogP contribution in [0, 0.1) is 0 Å². The highest BCUT2D eigenvalue weighted by Crippen LogP contribution is 2.38. The summed E-state index contributed by atoms with van der Waals surface area (Å²) in [5.41, 5.74) is 2.10. The Labute approximate surface area is 171 Å². The van der Waals surface area contributed by atoms with Crippen molar-refractivity contribution in [2.75, 3.05) is 34.4 Å². The Kier molecular flexibility index (Phi) is 8.75. The molecule has 6 nitrogen and oxygen atoms in total. The maximum absolute atomic E-state index is 6.20. The minimum absolute atomic E-state index is 0.534. The maximum Gasteiger partial charge on any atom is 0.203 e. The van der Waals surface area contributed by atoms with Crippen molar-refractivity contribution in [1.82, 2.24) is 10.6 Å². The molecule has 152 valence electrons. The molecule has 0 aliphatic rings. The molecule has 2 N–H and O–H groups in total. The summed E-state index contributed by atoms with van der Waals surface area (Å²) in [4.78, 5) is 4.26. The Morgan fingerprint density at radius 3 is 2.32 bits per heavy atom. The van der Waals surface area contributed by atoms with Gasteiger partial charge in [0.25, 0.3) is 0 Å². The van der Waals surface area contributed by atoms with Crippen molar-refractivity contribution in [3.8, 4) is 17.2 Å². The van der Waals surface area contributed by atoms with Crippen LogP contribution < -0.4 is 24.8 Å². The molecule has 0 spiro atoms. The van der Waals surface area contributed by atoms with E-state index < -0.39 is 0 Å². The number of methoxy groups -OCH3 is 2. The second-order valence-corrected chi connectivity index (χ2v) is 6.36. The molecule has 0 aliphatic carbocycles. The van der Waals surface area contributed by atoms with Crippen molar-refractivity contribution in [3.63, 3.8) is 0 Å². The zero-order valence-corrected chi connectivity index (χ0v) is 17.6. The molecule has 7 heteroatoms. The van der Waals surface area contributed by atoms with Gasteiger partial charge in [-0.3, -0.25) is 4.99 Å². The highest BCUT2D eigenvalue weighted by molar-refractivity contribution is 6.31. The van der Waals surface area contributed by atoms with E-state index in [-0.39, 0.29) is 0 Å². The van der Waals surface area contributed by atoms with Crippen LogP contribution in [-0.2, 0) is 13.0 Å². The van der Waals surface area contributed by atoms with Crippen LogP contribution in [0.25, 0.3) is 0 Å². The van der Waals surface area contributed by atoms with Gasteiger partial charge in [-0.15, -0.1) is 0 Å².